The van der Waals surface area contributed by atoms with Crippen LogP contribution in [-0.4, -0.2) is 51.9 Å². The first kappa shape index (κ1) is 20.1. The summed E-state index contributed by atoms with van der Waals surface area (Å²) in [5.74, 6) is -1.49. The first-order valence-electron chi connectivity index (χ1n) is 9.34. The molecule has 0 radical (unpaired) electrons. The van der Waals surface area contributed by atoms with Gasteiger partial charge in [0, 0.05) is 13.1 Å². The predicted molar refractivity (Wildman–Crippen MR) is 106 cm³/mol. The minimum absolute atomic E-state index is 0.0391. The van der Waals surface area contributed by atoms with Crippen LogP contribution in [0, 0.1) is 11.7 Å². The molecule has 30 heavy (non-hydrogen) atoms. The van der Waals surface area contributed by atoms with Crippen molar-refractivity contribution >= 4 is 21.6 Å². The van der Waals surface area contributed by atoms with Crippen molar-refractivity contribution in [2.75, 3.05) is 18.4 Å². The first-order valence-corrected chi connectivity index (χ1v) is 10.8. The highest BCUT2D eigenvalue weighted by molar-refractivity contribution is 7.89. The number of rotatable bonds is 5. The summed E-state index contributed by atoms with van der Waals surface area (Å²) < 4.78 is 42.6. The van der Waals surface area contributed by atoms with E-state index in [2.05, 4.69) is 20.8 Å². The van der Waals surface area contributed by atoms with Crippen molar-refractivity contribution in [2.45, 2.75) is 17.7 Å². The van der Waals surface area contributed by atoms with Crippen molar-refractivity contribution in [2.24, 2.45) is 5.92 Å². The van der Waals surface area contributed by atoms with Gasteiger partial charge in [-0.15, -0.1) is 5.10 Å². The number of amides is 1. The van der Waals surface area contributed by atoms with E-state index in [1.807, 2.05) is 0 Å². The van der Waals surface area contributed by atoms with Crippen LogP contribution in [0.1, 0.15) is 12.8 Å². The van der Waals surface area contributed by atoms with Gasteiger partial charge in [-0.05, 0) is 59.7 Å². The molecule has 0 spiro atoms. The standard InChI is InChI=1S/C19H19FN6O3S/c20-17-5-1-2-6-18(17)22-19(27)14-4-3-11-25(12-14)30(28,29)16-9-7-15(8-10-16)26-13-21-23-24-26/h1-2,5-10,13-14H,3-4,11-12H2,(H,22,27)/t14-/m1/s1. The van der Waals surface area contributed by atoms with Crippen LogP contribution in [0.25, 0.3) is 5.69 Å². The molecular formula is C19H19FN6O3S. The van der Waals surface area contributed by atoms with Crippen molar-refractivity contribution < 1.29 is 17.6 Å². The fourth-order valence-electron chi connectivity index (χ4n) is 3.37. The summed E-state index contributed by atoms with van der Waals surface area (Å²) in [6.45, 7) is 0.359. The summed E-state index contributed by atoms with van der Waals surface area (Å²) >= 11 is 0. The Morgan fingerprint density at radius 2 is 1.90 bits per heavy atom. The highest BCUT2D eigenvalue weighted by Gasteiger charge is 2.33. The molecular weight excluding hydrogens is 411 g/mol. The van der Waals surface area contributed by atoms with Crippen LogP contribution >= 0.6 is 0 Å². The second-order valence-corrected chi connectivity index (χ2v) is 8.86. The molecule has 3 aromatic rings. The van der Waals surface area contributed by atoms with Gasteiger partial charge >= 0.3 is 0 Å². The summed E-state index contributed by atoms with van der Waals surface area (Å²) in [7, 11) is -3.78. The van der Waals surface area contributed by atoms with Crippen LogP contribution in [0.4, 0.5) is 10.1 Å². The zero-order valence-electron chi connectivity index (χ0n) is 15.8. The van der Waals surface area contributed by atoms with E-state index in [-0.39, 0.29) is 17.1 Å². The molecule has 1 aliphatic heterocycles. The van der Waals surface area contributed by atoms with Crippen LogP contribution in [0.3, 0.4) is 0 Å². The zero-order chi connectivity index (χ0) is 21.1. The third kappa shape index (κ3) is 4.07. The van der Waals surface area contributed by atoms with Gasteiger partial charge in [0.1, 0.15) is 12.1 Å². The Kier molecular flexibility index (Phi) is 5.55. The second kappa shape index (κ2) is 8.28. The lowest BCUT2D eigenvalue weighted by Crippen LogP contribution is -2.43. The number of piperidine rings is 1. The maximum absolute atomic E-state index is 13.8. The average Bonchev–Trinajstić information content (AvgIpc) is 3.30. The van der Waals surface area contributed by atoms with E-state index in [1.54, 1.807) is 18.2 Å². The number of halogens is 1. The van der Waals surface area contributed by atoms with Crippen LogP contribution < -0.4 is 5.32 Å². The molecule has 2 aromatic carbocycles. The Hall–Kier alpha value is -3.18. The highest BCUT2D eigenvalue weighted by atomic mass is 32.2. The van der Waals surface area contributed by atoms with Gasteiger partial charge < -0.3 is 5.32 Å². The monoisotopic (exact) mass is 430 g/mol. The fraction of sp³-hybridized carbons (Fsp3) is 0.263. The maximum Gasteiger partial charge on any atom is 0.243 e. The van der Waals surface area contributed by atoms with E-state index in [0.29, 0.717) is 25.1 Å². The van der Waals surface area contributed by atoms with Gasteiger partial charge in [0.25, 0.3) is 0 Å². The third-order valence-electron chi connectivity index (χ3n) is 4.97. The molecule has 1 saturated heterocycles. The van der Waals surface area contributed by atoms with E-state index in [0.717, 1.165) is 0 Å². The molecule has 0 unspecified atom stereocenters. The van der Waals surface area contributed by atoms with Gasteiger partial charge in [0.15, 0.2) is 0 Å². The Labute approximate surface area is 172 Å². The van der Waals surface area contributed by atoms with Crippen LogP contribution in [0.2, 0.25) is 0 Å². The third-order valence-corrected chi connectivity index (χ3v) is 6.85. The molecule has 1 amide bonds. The molecule has 1 aliphatic rings. The minimum atomic E-state index is -3.78. The van der Waals surface area contributed by atoms with E-state index < -0.39 is 27.7 Å². The van der Waals surface area contributed by atoms with E-state index in [1.165, 1.54) is 45.6 Å². The Bertz CT molecular complexity index is 1140. The Morgan fingerprint density at radius 3 is 2.60 bits per heavy atom. The van der Waals surface area contributed by atoms with Gasteiger partial charge in [0.05, 0.1) is 22.2 Å². The van der Waals surface area contributed by atoms with Gasteiger partial charge in [-0.25, -0.2) is 17.5 Å². The number of nitrogens with zero attached hydrogens (tertiary/aromatic N) is 5. The molecule has 1 aromatic heterocycles. The Balaban J connectivity index is 1.48. The highest BCUT2D eigenvalue weighted by Crippen LogP contribution is 2.25. The molecule has 9 nitrogen and oxygen atoms in total. The van der Waals surface area contributed by atoms with Gasteiger partial charge in [-0.3, -0.25) is 4.79 Å². The molecule has 0 aliphatic carbocycles. The van der Waals surface area contributed by atoms with Crippen LogP contribution in [0.5, 0.6) is 0 Å². The molecule has 2 heterocycles. The number of para-hydroxylation sites is 1. The SMILES string of the molecule is O=C(Nc1ccccc1F)[C@@H]1CCCN(S(=O)(=O)c2ccc(-n3cnnn3)cc2)C1. The minimum Gasteiger partial charge on any atom is -0.323 e. The van der Waals surface area contributed by atoms with Crippen LogP contribution in [-0.2, 0) is 14.8 Å². The molecule has 156 valence electrons. The molecule has 0 bridgehead atoms. The van der Waals surface area contributed by atoms with Gasteiger partial charge in [-0.2, -0.15) is 4.31 Å². The predicted octanol–water partition coefficient (Wildman–Crippen LogP) is 1.84. The number of aromatic nitrogens is 4. The van der Waals surface area contributed by atoms with Crippen molar-refractivity contribution in [1.82, 2.24) is 24.5 Å². The number of tetrazole rings is 1. The lowest BCUT2D eigenvalue weighted by Gasteiger charge is -2.31. The number of hydrogen-bond acceptors (Lipinski definition) is 6. The average molecular weight is 430 g/mol. The zero-order valence-corrected chi connectivity index (χ0v) is 16.7. The van der Waals surface area contributed by atoms with Gasteiger partial charge in [-0.1, -0.05) is 12.1 Å². The van der Waals surface area contributed by atoms with E-state index in [4.69, 9.17) is 0 Å². The summed E-state index contributed by atoms with van der Waals surface area (Å²) in [5.41, 5.74) is 0.709. The van der Waals surface area contributed by atoms with E-state index >= 15 is 0 Å². The van der Waals surface area contributed by atoms with Crippen molar-refractivity contribution in [3.63, 3.8) is 0 Å². The van der Waals surface area contributed by atoms with Gasteiger partial charge in [0.2, 0.25) is 15.9 Å². The molecule has 1 atom stereocenters. The quantitative estimate of drug-likeness (QED) is 0.661. The lowest BCUT2D eigenvalue weighted by atomic mass is 9.98. The summed E-state index contributed by atoms with van der Waals surface area (Å²) in [5, 5.41) is 13.4. The van der Waals surface area contributed by atoms with Crippen molar-refractivity contribution in [1.29, 1.82) is 0 Å². The first-order chi connectivity index (χ1) is 14.4. The molecule has 0 saturated carbocycles. The number of sulfonamides is 1. The maximum atomic E-state index is 13.8. The molecule has 11 heteroatoms. The second-order valence-electron chi connectivity index (χ2n) is 6.92. The number of hydrogen-bond donors (Lipinski definition) is 1. The summed E-state index contributed by atoms with van der Waals surface area (Å²) in [4.78, 5) is 12.7. The van der Waals surface area contributed by atoms with Crippen molar-refractivity contribution in [3.05, 3.63) is 60.7 Å². The number of carbonyl (C=O) groups is 1. The van der Waals surface area contributed by atoms with Crippen LogP contribution in [0.15, 0.2) is 59.8 Å². The molecule has 1 N–H and O–H groups in total. The molecule has 4 rings (SSSR count). The number of benzene rings is 2. The largest absolute Gasteiger partial charge is 0.323 e. The topological polar surface area (TPSA) is 110 Å². The lowest BCUT2D eigenvalue weighted by molar-refractivity contribution is -0.120. The van der Waals surface area contributed by atoms with Crippen molar-refractivity contribution in [3.8, 4) is 5.69 Å². The smallest absolute Gasteiger partial charge is 0.243 e. The number of carbonyl (C=O) groups excluding carboxylic acids is 1. The Morgan fingerprint density at radius 1 is 1.13 bits per heavy atom. The summed E-state index contributed by atoms with van der Waals surface area (Å²) in [6, 6.07) is 12.1. The number of anilines is 1. The summed E-state index contributed by atoms with van der Waals surface area (Å²) in [6.07, 6.45) is 2.48. The molecule has 1 fully saturated rings. The number of nitrogens with one attached hydrogen (secondary N) is 1. The fourth-order valence-corrected chi connectivity index (χ4v) is 4.90. The van der Waals surface area contributed by atoms with E-state index in [9.17, 15) is 17.6 Å². The normalized spacial score (nSPS) is 17.6.